The number of ether oxygens (including phenoxy) is 2. The Kier molecular flexibility index (Phi) is 7.08. The highest BCUT2D eigenvalue weighted by molar-refractivity contribution is 6.04. The Hall–Kier alpha value is -5.04. The highest BCUT2D eigenvalue weighted by Crippen LogP contribution is 2.27. The first-order chi connectivity index (χ1) is 18.5. The van der Waals surface area contributed by atoms with Crippen LogP contribution in [0.25, 0.3) is 22.2 Å². The van der Waals surface area contributed by atoms with Crippen LogP contribution in [0.1, 0.15) is 28.4 Å². The van der Waals surface area contributed by atoms with Gasteiger partial charge in [0, 0.05) is 23.1 Å². The standard InChI is InChI=1S/C31H24N2O5/c1-2-21-7-11-23(12-8-21)30-19-28(27-5-3-4-6-29(27)32-30)31(34)37-20-22-9-15-25(16-10-22)38-26-17-13-24(14-18-26)33(35)36/h3-19H,2,20H2,1H3. The number of non-ortho nitro benzene ring substituents is 1. The number of aromatic nitrogens is 1. The number of para-hydroxylation sites is 1. The van der Waals surface area contributed by atoms with Gasteiger partial charge in [-0.2, -0.15) is 0 Å². The SMILES string of the molecule is CCc1ccc(-c2cc(C(=O)OCc3ccc(Oc4ccc([N+](=O)[O-])cc4)cc3)c3ccccc3n2)cc1. The van der Waals surface area contributed by atoms with Crippen LogP contribution in [-0.4, -0.2) is 15.9 Å². The van der Waals surface area contributed by atoms with E-state index < -0.39 is 10.9 Å². The van der Waals surface area contributed by atoms with Crippen LogP contribution >= 0.6 is 0 Å². The van der Waals surface area contributed by atoms with E-state index in [0.29, 0.717) is 22.8 Å². The summed E-state index contributed by atoms with van der Waals surface area (Å²) in [7, 11) is 0. The molecular formula is C31H24N2O5. The molecule has 0 aliphatic rings. The summed E-state index contributed by atoms with van der Waals surface area (Å²) in [5, 5.41) is 11.5. The molecule has 1 heterocycles. The van der Waals surface area contributed by atoms with Crippen molar-refractivity contribution in [3.05, 3.63) is 130 Å². The summed E-state index contributed by atoms with van der Waals surface area (Å²) >= 11 is 0. The van der Waals surface area contributed by atoms with Gasteiger partial charge in [0.15, 0.2) is 0 Å². The molecule has 0 atom stereocenters. The zero-order valence-corrected chi connectivity index (χ0v) is 20.7. The molecule has 188 valence electrons. The number of carbonyl (C=O) groups is 1. The third-order valence-corrected chi connectivity index (χ3v) is 6.17. The van der Waals surface area contributed by atoms with E-state index in [1.165, 1.54) is 17.7 Å². The molecule has 0 saturated heterocycles. The van der Waals surface area contributed by atoms with Crippen LogP contribution in [0.2, 0.25) is 0 Å². The van der Waals surface area contributed by atoms with E-state index in [9.17, 15) is 14.9 Å². The molecule has 7 heteroatoms. The number of fused-ring (bicyclic) bond motifs is 1. The maximum Gasteiger partial charge on any atom is 0.339 e. The predicted molar refractivity (Wildman–Crippen MR) is 145 cm³/mol. The van der Waals surface area contributed by atoms with Gasteiger partial charge in [-0.25, -0.2) is 9.78 Å². The van der Waals surface area contributed by atoms with Crippen LogP contribution in [0.4, 0.5) is 5.69 Å². The third kappa shape index (κ3) is 5.52. The van der Waals surface area contributed by atoms with Gasteiger partial charge in [-0.3, -0.25) is 10.1 Å². The summed E-state index contributed by atoms with van der Waals surface area (Å²) in [6, 6.07) is 30.5. The first-order valence-corrected chi connectivity index (χ1v) is 12.2. The summed E-state index contributed by atoms with van der Waals surface area (Å²) in [5.41, 5.74) is 4.86. The molecule has 0 amide bonds. The smallest absolute Gasteiger partial charge is 0.339 e. The van der Waals surface area contributed by atoms with Crippen molar-refractivity contribution in [2.75, 3.05) is 0 Å². The van der Waals surface area contributed by atoms with E-state index >= 15 is 0 Å². The lowest BCUT2D eigenvalue weighted by molar-refractivity contribution is -0.384. The van der Waals surface area contributed by atoms with Crippen molar-refractivity contribution < 1.29 is 19.2 Å². The normalized spacial score (nSPS) is 10.8. The molecule has 0 aliphatic carbocycles. The number of benzene rings is 4. The minimum Gasteiger partial charge on any atom is -0.457 e. The molecule has 0 bridgehead atoms. The number of esters is 1. The van der Waals surface area contributed by atoms with Gasteiger partial charge in [0.1, 0.15) is 18.1 Å². The number of nitro benzene ring substituents is 1. The number of nitrogens with zero attached hydrogens (tertiary/aromatic N) is 2. The second kappa shape index (κ2) is 10.9. The fraction of sp³-hybridized carbons (Fsp3) is 0.0968. The second-order valence-corrected chi connectivity index (χ2v) is 8.70. The highest BCUT2D eigenvalue weighted by Gasteiger charge is 2.16. The van der Waals surface area contributed by atoms with Gasteiger partial charge in [0.05, 0.1) is 21.7 Å². The lowest BCUT2D eigenvalue weighted by atomic mass is 10.0. The number of hydrogen-bond acceptors (Lipinski definition) is 6. The molecule has 0 fully saturated rings. The number of pyridine rings is 1. The number of hydrogen-bond donors (Lipinski definition) is 0. The topological polar surface area (TPSA) is 91.6 Å². The fourth-order valence-corrected chi connectivity index (χ4v) is 4.06. The molecule has 7 nitrogen and oxygen atoms in total. The first-order valence-electron chi connectivity index (χ1n) is 12.2. The average Bonchev–Trinajstić information content (AvgIpc) is 2.96. The number of nitro groups is 1. The predicted octanol–water partition coefficient (Wildman–Crippen LogP) is 7.52. The zero-order chi connectivity index (χ0) is 26.5. The Morgan fingerprint density at radius 3 is 2.13 bits per heavy atom. The lowest BCUT2D eigenvalue weighted by Crippen LogP contribution is -2.07. The average molecular weight is 505 g/mol. The molecule has 4 aromatic carbocycles. The van der Waals surface area contributed by atoms with Gasteiger partial charge in [-0.1, -0.05) is 61.5 Å². The Balaban J connectivity index is 1.30. The summed E-state index contributed by atoms with van der Waals surface area (Å²) in [6.45, 7) is 2.20. The van der Waals surface area contributed by atoms with Gasteiger partial charge < -0.3 is 9.47 Å². The molecule has 38 heavy (non-hydrogen) atoms. The van der Waals surface area contributed by atoms with Crippen LogP contribution in [-0.2, 0) is 17.8 Å². The maximum atomic E-state index is 13.2. The van der Waals surface area contributed by atoms with Crippen LogP contribution in [0, 0.1) is 10.1 Å². The molecule has 0 radical (unpaired) electrons. The van der Waals surface area contributed by atoms with Gasteiger partial charge in [-0.05, 0) is 53.9 Å². The lowest BCUT2D eigenvalue weighted by Gasteiger charge is -2.11. The molecular weight excluding hydrogens is 480 g/mol. The Morgan fingerprint density at radius 1 is 0.842 bits per heavy atom. The Morgan fingerprint density at radius 2 is 1.47 bits per heavy atom. The van der Waals surface area contributed by atoms with E-state index in [4.69, 9.17) is 14.5 Å². The van der Waals surface area contributed by atoms with Crippen LogP contribution in [0.5, 0.6) is 11.5 Å². The van der Waals surface area contributed by atoms with E-state index in [1.807, 2.05) is 36.4 Å². The van der Waals surface area contributed by atoms with Crippen LogP contribution in [0.15, 0.2) is 103 Å². The number of aryl methyl sites for hydroxylation is 1. The summed E-state index contributed by atoms with van der Waals surface area (Å²) in [4.78, 5) is 28.3. The van der Waals surface area contributed by atoms with E-state index in [2.05, 4.69) is 19.1 Å². The van der Waals surface area contributed by atoms with Gasteiger partial charge in [0.2, 0.25) is 0 Å². The Labute approximate surface area is 219 Å². The first kappa shape index (κ1) is 24.6. The molecule has 0 N–H and O–H groups in total. The van der Waals surface area contributed by atoms with Crippen molar-refractivity contribution in [2.45, 2.75) is 20.0 Å². The molecule has 5 aromatic rings. The zero-order valence-electron chi connectivity index (χ0n) is 20.7. The van der Waals surface area contributed by atoms with Crippen LogP contribution < -0.4 is 4.74 Å². The molecule has 1 aromatic heterocycles. The Bertz CT molecular complexity index is 1600. The second-order valence-electron chi connectivity index (χ2n) is 8.70. The largest absolute Gasteiger partial charge is 0.457 e. The molecule has 0 unspecified atom stereocenters. The molecule has 5 rings (SSSR count). The summed E-state index contributed by atoms with van der Waals surface area (Å²) < 4.78 is 11.4. The van der Waals surface area contributed by atoms with Crippen molar-refractivity contribution in [1.82, 2.24) is 4.98 Å². The van der Waals surface area contributed by atoms with Crippen molar-refractivity contribution >= 4 is 22.6 Å². The van der Waals surface area contributed by atoms with Gasteiger partial charge in [0.25, 0.3) is 5.69 Å². The minimum atomic E-state index is -0.459. The third-order valence-electron chi connectivity index (χ3n) is 6.17. The quantitative estimate of drug-likeness (QED) is 0.123. The number of carbonyl (C=O) groups excluding carboxylic acids is 1. The van der Waals surface area contributed by atoms with Crippen molar-refractivity contribution in [2.24, 2.45) is 0 Å². The number of rotatable bonds is 8. The van der Waals surface area contributed by atoms with Crippen LogP contribution in [0.3, 0.4) is 0 Å². The van der Waals surface area contributed by atoms with Crippen molar-refractivity contribution in [3.63, 3.8) is 0 Å². The summed E-state index contributed by atoms with van der Waals surface area (Å²) in [6.07, 6.45) is 0.952. The van der Waals surface area contributed by atoms with Crippen molar-refractivity contribution in [3.8, 4) is 22.8 Å². The molecule has 0 saturated carbocycles. The van der Waals surface area contributed by atoms with E-state index in [1.54, 1.807) is 42.5 Å². The molecule has 0 spiro atoms. The molecule has 0 aliphatic heterocycles. The minimum absolute atomic E-state index is 0.00184. The maximum absolute atomic E-state index is 13.2. The highest BCUT2D eigenvalue weighted by atomic mass is 16.6. The van der Waals surface area contributed by atoms with Crippen molar-refractivity contribution in [1.29, 1.82) is 0 Å². The van der Waals surface area contributed by atoms with E-state index in [0.717, 1.165) is 28.5 Å². The monoisotopic (exact) mass is 504 g/mol. The summed E-state index contributed by atoms with van der Waals surface area (Å²) in [5.74, 6) is 0.619. The fourth-order valence-electron chi connectivity index (χ4n) is 4.06. The van der Waals surface area contributed by atoms with Gasteiger partial charge >= 0.3 is 5.97 Å². The van der Waals surface area contributed by atoms with E-state index in [-0.39, 0.29) is 12.3 Å². The van der Waals surface area contributed by atoms with Gasteiger partial charge in [-0.15, -0.1) is 0 Å².